The highest BCUT2D eigenvalue weighted by Gasteiger charge is 2.68. The molecule has 0 spiro atoms. The molecule has 0 aromatic carbocycles. The monoisotopic (exact) mass is 524 g/mol. The number of aliphatic hydroxyl groups is 1. The SMILES string of the molecule is COC(C)[C@H]1[C@H]2[C@H](C[C@H]1C)[C@H]1C[C@H]3/C=C/C(O)=C4/C(=O)N[C@H](CCCNC(=O)/C=C\C[C@@H]3[C@H]1[C@@H]1O[C@@H]12)C4=O. The molecular weight excluding hydrogens is 484 g/mol. The number of hydrogen-bond donors (Lipinski definition) is 3. The van der Waals surface area contributed by atoms with Gasteiger partial charge in [-0.3, -0.25) is 14.4 Å². The average molecular weight is 525 g/mol. The minimum absolute atomic E-state index is 0.135. The average Bonchev–Trinajstić information content (AvgIpc) is 3.35. The number of Topliss-reactive ketones (excluding diaryl/α,β-unsaturated/α-hetero) is 1. The van der Waals surface area contributed by atoms with Crippen LogP contribution in [-0.4, -0.2) is 60.7 Å². The van der Waals surface area contributed by atoms with Crippen molar-refractivity contribution in [3.63, 3.8) is 0 Å². The molecule has 12 atom stereocenters. The van der Waals surface area contributed by atoms with Gasteiger partial charge in [-0.05, 0) is 98.5 Å². The summed E-state index contributed by atoms with van der Waals surface area (Å²) < 4.78 is 12.2. The predicted octanol–water partition coefficient (Wildman–Crippen LogP) is 2.85. The zero-order chi connectivity index (χ0) is 26.7. The van der Waals surface area contributed by atoms with Crippen LogP contribution in [0.15, 0.2) is 35.6 Å². The van der Waals surface area contributed by atoms with Crippen molar-refractivity contribution in [3.05, 3.63) is 35.6 Å². The molecule has 3 N–H and O–H groups in total. The Kier molecular flexibility index (Phi) is 6.75. The molecule has 3 saturated carbocycles. The van der Waals surface area contributed by atoms with Crippen molar-refractivity contribution in [2.45, 2.75) is 70.3 Å². The van der Waals surface area contributed by atoms with Crippen LogP contribution in [0.2, 0.25) is 0 Å². The van der Waals surface area contributed by atoms with E-state index in [0.717, 1.165) is 12.8 Å². The molecule has 0 aromatic heterocycles. The van der Waals surface area contributed by atoms with Crippen molar-refractivity contribution in [1.29, 1.82) is 0 Å². The number of methoxy groups -OCH3 is 1. The summed E-state index contributed by atoms with van der Waals surface area (Å²) in [6.45, 7) is 4.96. The van der Waals surface area contributed by atoms with Gasteiger partial charge in [-0.15, -0.1) is 0 Å². The third-order valence-electron chi connectivity index (χ3n) is 10.6. The Bertz CT molecular complexity index is 1100. The number of rotatable bonds is 2. The van der Waals surface area contributed by atoms with Crippen LogP contribution in [-0.2, 0) is 23.9 Å². The smallest absolute Gasteiger partial charge is 0.259 e. The van der Waals surface area contributed by atoms with Gasteiger partial charge in [0.2, 0.25) is 5.91 Å². The van der Waals surface area contributed by atoms with E-state index in [1.807, 2.05) is 12.2 Å². The van der Waals surface area contributed by atoms with E-state index in [-0.39, 0.29) is 53.2 Å². The summed E-state index contributed by atoms with van der Waals surface area (Å²) in [5.74, 6) is 2.16. The molecule has 6 rings (SSSR count). The first-order chi connectivity index (χ1) is 18.3. The molecule has 5 fully saturated rings. The number of carbonyl (C=O) groups excluding carboxylic acids is 3. The lowest BCUT2D eigenvalue weighted by Gasteiger charge is -2.38. The molecule has 8 heteroatoms. The number of allylic oxidation sites excluding steroid dienone is 3. The lowest BCUT2D eigenvalue weighted by molar-refractivity contribution is -0.118. The lowest BCUT2D eigenvalue weighted by atomic mass is 9.65. The quantitative estimate of drug-likeness (QED) is 0.378. The fourth-order valence-electron chi connectivity index (χ4n) is 9.00. The molecule has 1 unspecified atom stereocenters. The minimum Gasteiger partial charge on any atom is -0.507 e. The molecule has 38 heavy (non-hydrogen) atoms. The van der Waals surface area contributed by atoms with Gasteiger partial charge < -0.3 is 25.2 Å². The standard InChI is InChI=1S/C30H40N2O6/c1-14-12-18-19-13-16-9-10-21(33)26-27(35)20(32-30(26)36)7-5-11-31-22(34)8-4-6-17(16)24(19)28-29(38-28)25(18)23(14)15(2)37-3/h4,8-10,14-20,23-25,28-29,33H,5-7,11-13H2,1-3H3,(H,31,34)(H,32,36)/b8-4-,10-9+,26-21-/t14-,15?,16-,17+,18-,19-,20-,23+,24-,25-,28+,29-/m1/s1. The molecule has 3 aliphatic heterocycles. The Morgan fingerprint density at radius 3 is 2.63 bits per heavy atom. The fourth-order valence-corrected chi connectivity index (χ4v) is 9.00. The molecule has 3 aliphatic carbocycles. The number of amides is 2. The molecular formula is C30H40N2O6. The normalized spacial score (nSPS) is 48.7. The van der Waals surface area contributed by atoms with E-state index < -0.39 is 11.9 Å². The summed E-state index contributed by atoms with van der Waals surface area (Å²) >= 11 is 0. The van der Waals surface area contributed by atoms with Gasteiger partial charge in [0.05, 0.1) is 24.4 Å². The second-order valence-corrected chi connectivity index (χ2v) is 12.4. The molecule has 2 bridgehead atoms. The molecule has 2 saturated heterocycles. The first-order valence-electron chi connectivity index (χ1n) is 14.4. The van der Waals surface area contributed by atoms with Crippen LogP contribution in [0.4, 0.5) is 0 Å². The maximum absolute atomic E-state index is 12.9. The summed E-state index contributed by atoms with van der Waals surface area (Å²) in [6.07, 6.45) is 11.7. The Hall–Kier alpha value is -2.45. The van der Waals surface area contributed by atoms with Gasteiger partial charge in [0, 0.05) is 13.7 Å². The van der Waals surface area contributed by atoms with E-state index in [1.165, 1.54) is 6.42 Å². The van der Waals surface area contributed by atoms with Crippen molar-refractivity contribution in [3.8, 4) is 0 Å². The van der Waals surface area contributed by atoms with Gasteiger partial charge in [0.25, 0.3) is 5.91 Å². The number of aliphatic hydroxyl groups excluding tert-OH is 1. The van der Waals surface area contributed by atoms with Gasteiger partial charge in [-0.1, -0.05) is 19.1 Å². The summed E-state index contributed by atoms with van der Waals surface area (Å²) in [7, 11) is 1.80. The van der Waals surface area contributed by atoms with Gasteiger partial charge >= 0.3 is 0 Å². The van der Waals surface area contributed by atoms with Crippen LogP contribution >= 0.6 is 0 Å². The van der Waals surface area contributed by atoms with Crippen LogP contribution in [0.1, 0.15) is 46.0 Å². The fraction of sp³-hybridized carbons (Fsp3) is 0.700. The molecule has 3 heterocycles. The van der Waals surface area contributed by atoms with Crippen LogP contribution in [0, 0.1) is 47.3 Å². The molecule has 0 radical (unpaired) electrons. The second kappa shape index (κ2) is 9.94. The maximum atomic E-state index is 12.9. The van der Waals surface area contributed by atoms with Crippen molar-refractivity contribution >= 4 is 17.6 Å². The van der Waals surface area contributed by atoms with E-state index >= 15 is 0 Å². The van der Waals surface area contributed by atoms with Gasteiger partial charge in [-0.2, -0.15) is 0 Å². The lowest BCUT2D eigenvalue weighted by Crippen LogP contribution is -2.41. The topological polar surface area (TPSA) is 117 Å². The Labute approximate surface area is 224 Å². The number of ketones is 1. The van der Waals surface area contributed by atoms with Crippen molar-refractivity contribution in [1.82, 2.24) is 10.6 Å². The molecule has 206 valence electrons. The Balaban J connectivity index is 1.32. The second-order valence-electron chi connectivity index (χ2n) is 12.4. The van der Waals surface area contributed by atoms with Gasteiger partial charge in [-0.25, -0.2) is 0 Å². The number of hydrogen-bond acceptors (Lipinski definition) is 6. The number of nitrogens with one attached hydrogen (secondary N) is 2. The highest BCUT2D eigenvalue weighted by atomic mass is 16.6. The predicted molar refractivity (Wildman–Crippen MR) is 140 cm³/mol. The minimum atomic E-state index is -0.664. The molecule has 0 aromatic rings. The van der Waals surface area contributed by atoms with E-state index in [4.69, 9.17) is 9.47 Å². The molecule has 2 amide bonds. The number of fused-ring (bicyclic) bond motifs is 10. The van der Waals surface area contributed by atoms with Crippen LogP contribution in [0.5, 0.6) is 0 Å². The molecule has 6 aliphatic rings. The first-order valence-corrected chi connectivity index (χ1v) is 14.4. The zero-order valence-corrected chi connectivity index (χ0v) is 22.5. The largest absolute Gasteiger partial charge is 0.507 e. The van der Waals surface area contributed by atoms with E-state index in [2.05, 4.69) is 24.5 Å². The number of epoxide rings is 1. The Morgan fingerprint density at radius 2 is 1.84 bits per heavy atom. The third-order valence-corrected chi connectivity index (χ3v) is 10.6. The highest BCUT2D eigenvalue weighted by Crippen LogP contribution is 2.66. The van der Waals surface area contributed by atoms with Crippen LogP contribution < -0.4 is 10.6 Å². The van der Waals surface area contributed by atoms with Gasteiger partial charge in [0.1, 0.15) is 11.3 Å². The summed E-state index contributed by atoms with van der Waals surface area (Å²) in [5, 5.41) is 16.4. The summed E-state index contributed by atoms with van der Waals surface area (Å²) in [4.78, 5) is 37.8. The highest BCUT2D eigenvalue weighted by molar-refractivity contribution is 6.27. The van der Waals surface area contributed by atoms with E-state index in [0.29, 0.717) is 54.9 Å². The van der Waals surface area contributed by atoms with Crippen molar-refractivity contribution in [2.75, 3.05) is 13.7 Å². The summed E-state index contributed by atoms with van der Waals surface area (Å²) in [5.41, 5.74) is -0.152. The van der Waals surface area contributed by atoms with Crippen LogP contribution in [0.25, 0.3) is 0 Å². The van der Waals surface area contributed by atoms with Crippen molar-refractivity contribution in [2.24, 2.45) is 47.3 Å². The Morgan fingerprint density at radius 1 is 1.08 bits per heavy atom. The number of ether oxygens (including phenoxy) is 2. The summed E-state index contributed by atoms with van der Waals surface area (Å²) in [6, 6.07) is -0.664. The first kappa shape index (κ1) is 25.8. The zero-order valence-electron chi connectivity index (χ0n) is 22.5. The third kappa shape index (κ3) is 4.24. The maximum Gasteiger partial charge on any atom is 0.259 e. The van der Waals surface area contributed by atoms with E-state index in [1.54, 1.807) is 19.3 Å². The van der Waals surface area contributed by atoms with E-state index in [9.17, 15) is 19.5 Å². The van der Waals surface area contributed by atoms with Crippen LogP contribution in [0.3, 0.4) is 0 Å². The van der Waals surface area contributed by atoms with Gasteiger partial charge in [0.15, 0.2) is 5.78 Å². The number of carbonyl (C=O) groups is 3. The van der Waals surface area contributed by atoms with Crippen molar-refractivity contribution < 1.29 is 29.0 Å². The molecule has 8 nitrogen and oxygen atoms in total.